The van der Waals surface area contributed by atoms with Crippen molar-refractivity contribution in [2.45, 2.75) is 70.6 Å². The van der Waals surface area contributed by atoms with Gasteiger partial charge in [-0.3, -0.25) is 9.59 Å². The summed E-state index contributed by atoms with van der Waals surface area (Å²) < 4.78 is 6.08. The van der Waals surface area contributed by atoms with Crippen molar-refractivity contribution in [2.75, 3.05) is 5.32 Å². The van der Waals surface area contributed by atoms with Crippen LogP contribution in [0.2, 0.25) is 0 Å². The van der Waals surface area contributed by atoms with Crippen LogP contribution in [0.15, 0.2) is 42.5 Å². The minimum Gasteiger partial charge on any atom is -0.480 e. The topological polar surface area (TPSA) is 125 Å². The molecule has 1 aliphatic rings. The molecular weight excluding hydrogens is 436 g/mol. The molecule has 0 saturated heterocycles. The summed E-state index contributed by atoms with van der Waals surface area (Å²) in [6, 6.07) is 11.4. The highest BCUT2D eigenvalue weighted by atomic mass is 16.5. The van der Waals surface area contributed by atoms with Crippen molar-refractivity contribution in [3.8, 4) is 5.75 Å². The smallest absolute Gasteiger partial charge is 0.328 e. The molecule has 8 nitrogen and oxygen atoms in total. The van der Waals surface area contributed by atoms with Gasteiger partial charge in [0.05, 0.1) is 12.5 Å². The van der Waals surface area contributed by atoms with Gasteiger partial charge in [0.1, 0.15) is 5.75 Å². The highest BCUT2D eigenvalue weighted by Gasteiger charge is 2.45. The molecule has 2 aromatic carbocycles. The number of anilines is 1. The van der Waals surface area contributed by atoms with Crippen LogP contribution in [0.4, 0.5) is 5.69 Å². The van der Waals surface area contributed by atoms with E-state index in [1.807, 2.05) is 32.0 Å². The number of aliphatic carboxylic acids is 1. The molecule has 182 valence electrons. The van der Waals surface area contributed by atoms with Gasteiger partial charge in [-0.15, -0.1) is 0 Å². The molecule has 0 bridgehead atoms. The molecule has 3 rings (SSSR count). The maximum absolute atomic E-state index is 13.0. The minimum absolute atomic E-state index is 0.136. The fraction of sp³-hybridized carbons (Fsp3) is 0.423. The van der Waals surface area contributed by atoms with Crippen molar-refractivity contribution >= 4 is 23.5 Å². The Hall–Kier alpha value is -3.39. The van der Waals surface area contributed by atoms with Crippen LogP contribution >= 0.6 is 0 Å². The number of aryl methyl sites for hydroxylation is 2. The van der Waals surface area contributed by atoms with Crippen molar-refractivity contribution < 1.29 is 29.3 Å². The summed E-state index contributed by atoms with van der Waals surface area (Å²) in [7, 11) is 0. The Balaban J connectivity index is 1.65. The molecule has 1 fully saturated rings. The van der Waals surface area contributed by atoms with Crippen LogP contribution in [0.25, 0.3) is 0 Å². The van der Waals surface area contributed by atoms with Crippen LogP contribution in [-0.4, -0.2) is 45.7 Å². The third kappa shape index (κ3) is 6.35. The van der Waals surface area contributed by atoms with Gasteiger partial charge in [-0.2, -0.15) is 0 Å². The number of carboxylic acid groups (broad SMARTS) is 1. The third-order valence-corrected chi connectivity index (χ3v) is 5.97. The number of carbonyl (C=O) groups is 3. The van der Waals surface area contributed by atoms with Gasteiger partial charge in [0.25, 0.3) is 5.91 Å². The largest absolute Gasteiger partial charge is 0.480 e. The summed E-state index contributed by atoms with van der Waals surface area (Å²) in [4.78, 5) is 36.8. The third-order valence-electron chi connectivity index (χ3n) is 5.97. The molecule has 0 radical (unpaired) electrons. The van der Waals surface area contributed by atoms with E-state index in [1.54, 1.807) is 24.3 Å². The maximum Gasteiger partial charge on any atom is 0.328 e. The molecule has 2 aromatic rings. The second-order valence-electron chi connectivity index (χ2n) is 9.08. The number of hydrogen-bond donors (Lipinski definition) is 4. The number of hydrogen-bond acceptors (Lipinski definition) is 5. The summed E-state index contributed by atoms with van der Waals surface area (Å²) in [5.74, 6) is -1.53. The zero-order valence-corrected chi connectivity index (χ0v) is 19.8. The van der Waals surface area contributed by atoms with E-state index in [0.717, 1.165) is 35.2 Å². The number of aliphatic hydroxyl groups is 1. The van der Waals surface area contributed by atoms with Crippen molar-refractivity contribution in [2.24, 2.45) is 0 Å². The van der Waals surface area contributed by atoms with Crippen LogP contribution in [0.5, 0.6) is 5.75 Å². The zero-order chi connectivity index (χ0) is 24.9. The molecule has 34 heavy (non-hydrogen) atoms. The summed E-state index contributed by atoms with van der Waals surface area (Å²) in [5, 5.41) is 24.3. The van der Waals surface area contributed by atoms with Gasteiger partial charge >= 0.3 is 5.97 Å². The lowest BCUT2D eigenvalue weighted by atomic mass is 9.99. The molecule has 0 aliphatic heterocycles. The summed E-state index contributed by atoms with van der Waals surface area (Å²) in [6.07, 6.45) is 1.39. The minimum atomic E-state index is -1.41. The summed E-state index contributed by atoms with van der Waals surface area (Å²) in [5.41, 5.74) is 2.51. The van der Waals surface area contributed by atoms with E-state index >= 15 is 0 Å². The number of carbonyl (C=O) groups excluding carboxylic acids is 2. The van der Waals surface area contributed by atoms with Crippen molar-refractivity contribution in [3.05, 3.63) is 59.2 Å². The average molecular weight is 469 g/mol. The first-order chi connectivity index (χ1) is 16.1. The lowest BCUT2D eigenvalue weighted by Gasteiger charge is -2.31. The number of ether oxygens (including phenoxy) is 1. The van der Waals surface area contributed by atoms with Crippen LogP contribution in [0.3, 0.4) is 0 Å². The molecule has 1 saturated carbocycles. The first-order valence-electron chi connectivity index (χ1n) is 11.5. The first kappa shape index (κ1) is 25.2. The van der Waals surface area contributed by atoms with Crippen molar-refractivity contribution in [1.29, 1.82) is 0 Å². The quantitative estimate of drug-likeness (QED) is 0.448. The number of nitrogens with one attached hydrogen (secondary N) is 2. The van der Waals surface area contributed by atoms with Gasteiger partial charge in [0.15, 0.2) is 11.6 Å². The monoisotopic (exact) mass is 468 g/mol. The van der Waals surface area contributed by atoms with E-state index in [9.17, 15) is 24.6 Å². The summed E-state index contributed by atoms with van der Waals surface area (Å²) >= 11 is 0. The maximum atomic E-state index is 13.0. The second-order valence-corrected chi connectivity index (χ2v) is 9.08. The van der Waals surface area contributed by atoms with E-state index in [4.69, 9.17) is 4.74 Å². The Labute approximate surface area is 199 Å². The highest BCUT2D eigenvalue weighted by Crippen LogP contribution is 2.35. The van der Waals surface area contributed by atoms with Gasteiger partial charge in [0, 0.05) is 5.69 Å². The lowest BCUT2D eigenvalue weighted by Crippen LogP contribution is -2.56. The van der Waals surface area contributed by atoms with Crippen LogP contribution in [0, 0.1) is 13.8 Å². The summed E-state index contributed by atoms with van der Waals surface area (Å²) in [6.45, 7) is 5.27. The molecule has 0 aromatic heterocycles. The number of benzene rings is 2. The Morgan fingerprint density at radius 1 is 1.03 bits per heavy atom. The molecule has 0 heterocycles. The zero-order valence-electron chi connectivity index (χ0n) is 19.8. The van der Waals surface area contributed by atoms with E-state index < -0.39 is 29.6 Å². The van der Waals surface area contributed by atoms with Gasteiger partial charge in [0.2, 0.25) is 5.91 Å². The Kier molecular flexibility index (Phi) is 7.94. The molecule has 8 heteroatoms. The van der Waals surface area contributed by atoms with Gasteiger partial charge in [-0.05, 0) is 87.4 Å². The number of amides is 2. The normalized spacial score (nSPS) is 16.4. The standard InChI is InChI=1S/C26H32N2O6/c1-16-12-17(2)14-20(13-16)27-22(30)15-19-6-8-21(9-7-19)34-26(10-4-5-11-26)25(33)28-23(18(3)29)24(31)32/h6-9,12-14,18,23,29H,4-5,10-11,15H2,1-3H3,(H,27,30)(H,28,33)(H,31,32)/t18?,23-/m0/s1. The Morgan fingerprint density at radius 2 is 1.62 bits per heavy atom. The Morgan fingerprint density at radius 3 is 2.15 bits per heavy atom. The molecule has 2 amide bonds. The van der Waals surface area contributed by atoms with Crippen LogP contribution in [0.1, 0.15) is 49.3 Å². The SMILES string of the molecule is Cc1cc(C)cc(NC(=O)Cc2ccc(OC3(C(=O)N[C@H](C(=O)O)C(C)O)CCCC3)cc2)c1. The lowest BCUT2D eigenvalue weighted by molar-refractivity contribution is -0.148. The average Bonchev–Trinajstić information content (AvgIpc) is 3.21. The van der Waals surface area contributed by atoms with Crippen LogP contribution in [-0.2, 0) is 20.8 Å². The molecular formula is C26H32N2O6. The fourth-order valence-electron chi connectivity index (χ4n) is 4.32. The molecule has 4 N–H and O–H groups in total. The van der Waals surface area contributed by atoms with E-state index in [2.05, 4.69) is 10.6 Å². The second kappa shape index (κ2) is 10.7. The fourth-order valence-corrected chi connectivity index (χ4v) is 4.32. The molecule has 1 aliphatic carbocycles. The molecule has 0 spiro atoms. The number of aliphatic hydroxyl groups excluding tert-OH is 1. The molecule has 1 unspecified atom stereocenters. The number of rotatable bonds is 9. The van der Waals surface area contributed by atoms with Crippen molar-refractivity contribution in [1.82, 2.24) is 5.32 Å². The predicted molar refractivity (Wildman–Crippen MR) is 128 cm³/mol. The first-order valence-corrected chi connectivity index (χ1v) is 11.5. The van der Waals surface area contributed by atoms with E-state index in [0.29, 0.717) is 18.6 Å². The van der Waals surface area contributed by atoms with E-state index in [-0.39, 0.29) is 12.3 Å². The highest BCUT2D eigenvalue weighted by molar-refractivity contribution is 5.92. The Bertz CT molecular complexity index is 1020. The number of carboxylic acids is 1. The molecule has 2 atom stereocenters. The van der Waals surface area contributed by atoms with Gasteiger partial charge in [-0.1, -0.05) is 18.2 Å². The van der Waals surface area contributed by atoms with Gasteiger partial charge in [-0.25, -0.2) is 4.79 Å². The predicted octanol–water partition coefficient (Wildman–Crippen LogP) is 3.13. The van der Waals surface area contributed by atoms with Crippen LogP contribution < -0.4 is 15.4 Å². The van der Waals surface area contributed by atoms with Gasteiger partial charge < -0.3 is 25.6 Å². The van der Waals surface area contributed by atoms with Crippen molar-refractivity contribution in [3.63, 3.8) is 0 Å². The van der Waals surface area contributed by atoms with E-state index in [1.165, 1.54) is 6.92 Å².